The highest BCUT2D eigenvalue weighted by Crippen LogP contribution is 2.01. The third kappa shape index (κ3) is 3.92. The normalized spacial score (nSPS) is 11.1. The summed E-state index contributed by atoms with van der Waals surface area (Å²) < 4.78 is 0. The Morgan fingerprint density at radius 3 is 2.93 bits per heavy atom. The van der Waals surface area contributed by atoms with Gasteiger partial charge in [-0.1, -0.05) is 27.2 Å². The van der Waals surface area contributed by atoms with Gasteiger partial charge < -0.3 is 10.3 Å². The summed E-state index contributed by atoms with van der Waals surface area (Å²) in [7, 11) is 0. The molecule has 1 aromatic heterocycles. The number of aryl methyl sites for hydroxylation is 1. The molecule has 14 heavy (non-hydrogen) atoms. The fraction of sp³-hybridized carbons (Fsp3) is 0.727. The number of nitrogens with zero attached hydrogens (tertiary/aromatic N) is 1. The van der Waals surface area contributed by atoms with Crippen molar-refractivity contribution >= 4 is 0 Å². The van der Waals surface area contributed by atoms with Crippen molar-refractivity contribution in [1.29, 1.82) is 0 Å². The predicted molar refractivity (Wildman–Crippen MR) is 59.2 cm³/mol. The van der Waals surface area contributed by atoms with E-state index in [1.54, 1.807) is 0 Å². The van der Waals surface area contributed by atoms with E-state index in [1.165, 1.54) is 18.5 Å². The first-order valence-corrected chi connectivity index (χ1v) is 5.48. The van der Waals surface area contributed by atoms with Gasteiger partial charge in [0.15, 0.2) is 0 Å². The second kappa shape index (κ2) is 5.81. The second-order valence-electron chi connectivity index (χ2n) is 3.99. The van der Waals surface area contributed by atoms with Crippen LogP contribution in [0.15, 0.2) is 6.20 Å². The smallest absolute Gasteiger partial charge is 0.106 e. The van der Waals surface area contributed by atoms with Gasteiger partial charge in [-0.25, -0.2) is 4.98 Å². The van der Waals surface area contributed by atoms with Gasteiger partial charge in [0.2, 0.25) is 0 Å². The zero-order chi connectivity index (χ0) is 10.4. The van der Waals surface area contributed by atoms with Crippen molar-refractivity contribution in [2.45, 2.75) is 52.6 Å². The number of imidazole rings is 1. The van der Waals surface area contributed by atoms with Crippen molar-refractivity contribution in [3.8, 4) is 0 Å². The predicted octanol–water partition coefficient (Wildman–Crippen LogP) is 2.25. The first kappa shape index (κ1) is 11.2. The molecule has 0 bridgehead atoms. The molecule has 3 heteroatoms. The van der Waals surface area contributed by atoms with Crippen LogP contribution in [0.1, 0.15) is 45.1 Å². The molecule has 0 saturated carbocycles. The number of aromatic amines is 1. The van der Waals surface area contributed by atoms with E-state index in [0.717, 1.165) is 18.8 Å². The van der Waals surface area contributed by atoms with E-state index >= 15 is 0 Å². The second-order valence-corrected chi connectivity index (χ2v) is 3.99. The molecule has 0 spiro atoms. The molecule has 0 aliphatic rings. The number of aromatic nitrogens is 2. The molecule has 1 aromatic rings. The lowest BCUT2D eigenvalue weighted by molar-refractivity contribution is 0.582. The van der Waals surface area contributed by atoms with Crippen LogP contribution in [-0.2, 0) is 13.0 Å². The standard InChI is InChI=1S/C11H21N3/c1-4-5-6-11-13-8-10(14-11)7-12-9(2)3/h8-9,12H,4-7H2,1-3H3,(H,13,14). The summed E-state index contributed by atoms with van der Waals surface area (Å²) in [5, 5.41) is 3.36. The summed E-state index contributed by atoms with van der Waals surface area (Å²) in [4.78, 5) is 7.67. The minimum Gasteiger partial charge on any atom is -0.345 e. The van der Waals surface area contributed by atoms with Gasteiger partial charge in [-0.3, -0.25) is 0 Å². The van der Waals surface area contributed by atoms with Crippen LogP contribution >= 0.6 is 0 Å². The number of hydrogen-bond donors (Lipinski definition) is 2. The minimum absolute atomic E-state index is 0.525. The Hall–Kier alpha value is -0.830. The van der Waals surface area contributed by atoms with Gasteiger partial charge in [0.25, 0.3) is 0 Å². The Balaban J connectivity index is 2.35. The van der Waals surface area contributed by atoms with Crippen LogP contribution in [0.2, 0.25) is 0 Å². The summed E-state index contributed by atoms with van der Waals surface area (Å²) in [6.45, 7) is 7.38. The van der Waals surface area contributed by atoms with Crippen molar-refractivity contribution in [1.82, 2.24) is 15.3 Å². The molecule has 0 radical (unpaired) electrons. The van der Waals surface area contributed by atoms with Crippen molar-refractivity contribution < 1.29 is 0 Å². The van der Waals surface area contributed by atoms with E-state index in [-0.39, 0.29) is 0 Å². The van der Waals surface area contributed by atoms with Gasteiger partial charge >= 0.3 is 0 Å². The lowest BCUT2D eigenvalue weighted by Crippen LogP contribution is -2.21. The van der Waals surface area contributed by atoms with Gasteiger partial charge in [0.05, 0.1) is 0 Å². The van der Waals surface area contributed by atoms with Gasteiger partial charge in [0.1, 0.15) is 5.82 Å². The summed E-state index contributed by atoms with van der Waals surface area (Å²) in [5.41, 5.74) is 1.19. The maximum absolute atomic E-state index is 4.34. The molecule has 0 saturated heterocycles. The average molecular weight is 195 g/mol. The van der Waals surface area contributed by atoms with E-state index in [9.17, 15) is 0 Å². The van der Waals surface area contributed by atoms with Crippen molar-refractivity contribution in [3.05, 3.63) is 17.7 Å². The average Bonchev–Trinajstić information content (AvgIpc) is 2.59. The molecule has 0 atom stereocenters. The van der Waals surface area contributed by atoms with E-state index in [2.05, 4.69) is 36.1 Å². The molecule has 0 aromatic carbocycles. The lowest BCUT2D eigenvalue weighted by atomic mass is 10.2. The number of H-pyrrole nitrogens is 1. The van der Waals surface area contributed by atoms with Crippen LogP contribution in [0.5, 0.6) is 0 Å². The monoisotopic (exact) mass is 195 g/mol. The SMILES string of the molecule is CCCCc1ncc(CNC(C)C)[nH]1. The molecule has 1 rings (SSSR count). The zero-order valence-electron chi connectivity index (χ0n) is 9.43. The Kier molecular flexibility index (Phi) is 4.66. The van der Waals surface area contributed by atoms with Crippen LogP contribution in [0, 0.1) is 0 Å². The Morgan fingerprint density at radius 2 is 2.29 bits per heavy atom. The van der Waals surface area contributed by atoms with Gasteiger partial charge in [-0.05, 0) is 6.42 Å². The molecule has 0 fully saturated rings. The van der Waals surface area contributed by atoms with Gasteiger partial charge in [-0.2, -0.15) is 0 Å². The first-order chi connectivity index (χ1) is 6.72. The number of nitrogens with one attached hydrogen (secondary N) is 2. The fourth-order valence-corrected chi connectivity index (χ4v) is 1.28. The van der Waals surface area contributed by atoms with Crippen molar-refractivity contribution in [3.63, 3.8) is 0 Å². The van der Waals surface area contributed by atoms with E-state index in [4.69, 9.17) is 0 Å². The summed E-state index contributed by atoms with van der Waals surface area (Å²) >= 11 is 0. The zero-order valence-corrected chi connectivity index (χ0v) is 9.43. The van der Waals surface area contributed by atoms with Gasteiger partial charge in [-0.15, -0.1) is 0 Å². The van der Waals surface area contributed by atoms with E-state index < -0.39 is 0 Å². The van der Waals surface area contributed by atoms with E-state index in [1.807, 2.05) is 6.20 Å². The molecule has 2 N–H and O–H groups in total. The largest absolute Gasteiger partial charge is 0.345 e. The number of hydrogen-bond acceptors (Lipinski definition) is 2. The highest BCUT2D eigenvalue weighted by atomic mass is 15.0. The van der Waals surface area contributed by atoms with Crippen LogP contribution in [-0.4, -0.2) is 16.0 Å². The van der Waals surface area contributed by atoms with Crippen molar-refractivity contribution in [2.24, 2.45) is 0 Å². The number of rotatable bonds is 6. The van der Waals surface area contributed by atoms with Crippen molar-refractivity contribution in [2.75, 3.05) is 0 Å². The molecule has 0 amide bonds. The summed E-state index contributed by atoms with van der Waals surface area (Å²) in [5.74, 6) is 1.12. The molecule has 0 aliphatic heterocycles. The van der Waals surface area contributed by atoms with Crippen LogP contribution < -0.4 is 5.32 Å². The third-order valence-corrected chi connectivity index (χ3v) is 2.15. The highest BCUT2D eigenvalue weighted by Gasteiger charge is 2.00. The van der Waals surface area contributed by atoms with Gasteiger partial charge in [0, 0.05) is 30.9 Å². The molecule has 1 heterocycles. The Bertz CT molecular complexity index is 253. The third-order valence-electron chi connectivity index (χ3n) is 2.15. The lowest BCUT2D eigenvalue weighted by Gasteiger charge is -2.05. The fourth-order valence-electron chi connectivity index (χ4n) is 1.28. The molecule has 0 aliphatic carbocycles. The first-order valence-electron chi connectivity index (χ1n) is 5.48. The topological polar surface area (TPSA) is 40.7 Å². The number of unbranched alkanes of at least 4 members (excludes halogenated alkanes) is 1. The summed E-state index contributed by atoms with van der Waals surface area (Å²) in [6.07, 6.45) is 5.43. The summed E-state index contributed by atoms with van der Waals surface area (Å²) in [6, 6.07) is 0.525. The molecule has 80 valence electrons. The maximum Gasteiger partial charge on any atom is 0.106 e. The molecule has 3 nitrogen and oxygen atoms in total. The molecular formula is C11H21N3. The minimum atomic E-state index is 0.525. The Labute approximate surface area is 86.3 Å². The highest BCUT2D eigenvalue weighted by molar-refractivity contribution is 5.01. The molecule has 0 unspecified atom stereocenters. The molecular weight excluding hydrogens is 174 g/mol. The quantitative estimate of drug-likeness (QED) is 0.731. The Morgan fingerprint density at radius 1 is 1.50 bits per heavy atom. The maximum atomic E-state index is 4.34. The van der Waals surface area contributed by atoms with Crippen LogP contribution in [0.3, 0.4) is 0 Å². The van der Waals surface area contributed by atoms with E-state index in [0.29, 0.717) is 6.04 Å². The van der Waals surface area contributed by atoms with Crippen LogP contribution in [0.25, 0.3) is 0 Å². The van der Waals surface area contributed by atoms with Crippen LogP contribution in [0.4, 0.5) is 0 Å².